The zero-order chi connectivity index (χ0) is 14.2. The van der Waals surface area contributed by atoms with E-state index in [1.807, 2.05) is 12.1 Å². The number of hydrogen-bond acceptors (Lipinski definition) is 3. The molecule has 1 aromatic rings. The maximum absolute atomic E-state index is 5.99. The predicted octanol–water partition coefficient (Wildman–Crippen LogP) is 2.47. The van der Waals surface area contributed by atoms with Crippen LogP contribution in [-0.4, -0.2) is 25.9 Å². The Hall–Kier alpha value is -1.34. The van der Waals surface area contributed by atoms with Crippen molar-refractivity contribution in [1.29, 1.82) is 0 Å². The first-order valence-electron chi connectivity index (χ1n) is 7.24. The summed E-state index contributed by atoms with van der Waals surface area (Å²) in [4.78, 5) is 0. The van der Waals surface area contributed by atoms with Crippen LogP contribution in [0.2, 0.25) is 0 Å². The third-order valence-electron chi connectivity index (χ3n) is 3.69. The molecule has 0 amide bonds. The van der Waals surface area contributed by atoms with Crippen molar-refractivity contribution in [3.8, 4) is 11.8 Å². The van der Waals surface area contributed by atoms with Gasteiger partial charge < -0.3 is 15.2 Å². The number of ether oxygens (including phenoxy) is 2. The standard InChI is InChI=1S/C17H23NO2/c1-19-16-5-2-6-17(12-16)20-13-15-9-7-14(8-10-15)4-3-11-18/h7-10,16-17H,2,5-6,11-13,18H2,1H3. The molecule has 3 heteroatoms. The van der Waals surface area contributed by atoms with Crippen LogP contribution in [-0.2, 0) is 16.1 Å². The van der Waals surface area contributed by atoms with Crippen LogP contribution in [0.15, 0.2) is 24.3 Å². The molecule has 108 valence electrons. The van der Waals surface area contributed by atoms with Gasteiger partial charge >= 0.3 is 0 Å². The van der Waals surface area contributed by atoms with E-state index in [9.17, 15) is 0 Å². The summed E-state index contributed by atoms with van der Waals surface area (Å²) in [7, 11) is 1.79. The third kappa shape index (κ3) is 4.64. The molecule has 1 aliphatic rings. The van der Waals surface area contributed by atoms with Crippen LogP contribution >= 0.6 is 0 Å². The lowest BCUT2D eigenvalue weighted by atomic mass is 9.95. The van der Waals surface area contributed by atoms with Crippen molar-refractivity contribution in [3.05, 3.63) is 35.4 Å². The fourth-order valence-corrected chi connectivity index (χ4v) is 2.52. The quantitative estimate of drug-likeness (QED) is 0.857. The number of nitrogens with two attached hydrogens (primary N) is 1. The maximum atomic E-state index is 5.99. The van der Waals surface area contributed by atoms with Gasteiger partial charge in [0.25, 0.3) is 0 Å². The smallest absolute Gasteiger partial charge is 0.0720 e. The fraction of sp³-hybridized carbons (Fsp3) is 0.529. The average molecular weight is 273 g/mol. The molecule has 0 saturated heterocycles. The van der Waals surface area contributed by atoms with Gasteiger partial charge in [0.05, 0.1) is 25.4 Å². The normalized spacial score (nSPS) is 22.1. The van der Waals surface area contributed by atoms with Crippen molar-refractivity contribution < 1.29 is 9.47 Å². The molecule has 0 aliphatic heterocycles. The SMILES string of the molecule is COC1CCCC(OCc2ccc(C#CCN)cc2)C1. The topological polar surface area (TPSA) is 44.5 Å². The van der Waals surface area contributed by atoms with Crippen molar-refractivity contribution in [2.45, 2.75) is 44.5 Å². The van der Waals surface area contributed by atoms with E-state index in [2.05, 4.69) is 24.0 Å². The highest BCUT2D eigenvalue weighted by molar-refractivity contribution is 5.36. The van der Waals surface area contributed by atoms with E-state index < -0.39 is 0 Å². The molecule has 20 heavy (non-hydrogen) atoms. The van der Waals surface area contributed by atoms with Crippen molar-refractivity contribution in [2.75, 3.05) is 13.7 Å². The van der Waals surface area contributed by atoms with E-state index in [0.29, 0.717) is 25.4 Å². The Morgan fingerprint density at radius 1 is 1.20 bits per heavy atom. The van der Waals surface area contributed by atoms with Gasteiger partial charge in [-0.15, -0.1) is 0 Å². The highest BCUT2D eigenvalue weighted by Crippen LogP contribution is 2.23. The lowest BCUT2D eigenvalue weighted by Crippen LogP contribution is -2.27. The third-order valence-corrected chi connectivity index (χ3v) is 3.69. The van der Waals surface area contributed by atoms with Crippen LogP contribution in [0.4, 0.5) is 0 Å². The molecular formula is C17H23NO2. The predicted molar refractivity (Wildman–Crippen MR) is 80.2 cm³/mol. The van der Waals surface area contributed by atoms with Crippen molar-refractivity contribution >= 4 is 0 Å². The molecule has 2 rings (SSSR count). The van der Waals surface area contributed by atoms with Gasteiger partial charge in [-0.1, -0.05) is 24.0 Å². The molecule has 0 radical (unpaired) electrons. The Morgan fingerprint density at radius 3 is 2.65 bits per heavy atom. The monoisotopic (exact) mass is 273 g/mol. The largest absolute Gasteiger partial charge is 0.381 e. The first kappa shape index (κ1) is 15.1. The molecule has 2 atom stereocenters. The number of benzene rings is 1. The van der Waals surface area contributed by atoms with Crippen LogP contribution in [0.3, 0.4) is 0 Å². The lowest BCUT2D eigenvalue weighted by Gasteiger charge is -2.28. The first-order chi connectivity index (χ1) is 9.81. The molecule has 2 N–H and O–H groups in total. The Bertz CT molecular complexity index is 458. The summed E-state index contributed by atoms with van der Waals surface area (Å²) in [6, 6.07) is 8.16. The maximum Gasteiger partial charge on any atom is 0.0720 e. The van der Waals surface area contributed by atoms with Gasteiger partial charge in [-0.25, -0.2) is 0 Å². The van der Waals surface area contributed by atoms with Gasteiger partial charge in [-0.3, -0.25) is 0 Å². The molecule has 1 aliphatic carbocycles. The molecule has 0 spiro atoms. The minimum atomic E-state index is 0.324. The summed E-state index contributed by atoms with van der Waals surface area (Å²) in [5.74, 6) is 5.87. The lowest BCUT2D eigenvalue weighted by molar-refractivity contribution is -0.0363. The number of methoxy groups -OCH3 is 1. The van der Waals surface area contributed by atoms with Gasteiger partial charge in [-0.2, -0.15) is 0 Å². The van der Waals surface area contributed by atoms with Crippen LogP contribution < -0.4 is 5.73 Å². The van der Waals surface area contributed by atoms with Crippen molar-refractivity contribution in [1.82, 2.24) is 0 Å². The van der Waals surface area contributed by atoms with Gasteiger partial charge in [0.2, 0.25) is 0 Å². The van der Waals surface area contributed by atoms with E-state index >= 15 is 0 Å². The van der Waals surface area contributed by atoms with Gasteiger partial charge in [0, 0.05) is 12.7 Å². The Labute approximate surface area is 121 Å². The summed E-state index contributed by atoms with van der Waals surface area (Å²) < 4.78 is 11.4. The minimum Gasteiger partial charge on any atom is -0.381 e. The van der Waals surface area contributed by atoms with Gasteiger partial charge in [0.1, 0.15) is 0 Å². The zero-order valence-corrected chi connectivity index (χ0v) is 12.1. The summed E-state index contributed by atoms with van der Waals surface area (Å²) in [5, 5.41) is 0. The average Bonchev–Trinajstić information content (AvgIpc) is 2.52. The second kappa shape index (κ2) is 8.06. The van der Waals surface area contributed by atoms with E-state index in [1.54, 1.807) is 7.11 Å². The van der Waals surface area contributed by atoms with E-state index in [0.717, 1.165) is 24.8 Å². The Balaban J connectivity index is 1.81. The first-order valence-corrected chi connectivity index (χ1v) is 7.24. The Morgan fingerprint density at radius 2 is 1.95 bits per heavy atom. The number of hydrogen-bond donors (Lipinski definition) is 1. The highest BCUT2D eigenvalue weighted by Gasteiger charge is 2.21. The molecule has 2 unspecified atom stereocenters. The summed E-state index contributed by atoms with van der Waals surface area (Å²) >= 11 is 0. The molecular weight excluding hydrogens is 250 g/mol. The molecule has 1 aromatic carbocycles. The molecule has 1 fully saturated rings. The van der Waals surface area contributed by atoms with Crippen LogP contribution in [0.5, 0.6) is 0 Å². The summed E-state index contributed by atoms with van der Waals surface area (Å²) in [6.45, 7) is 1.05. The van der Waals surface area contributed by atoms with Crippen molar-refractivity contribution in [3.63, 3.8) is 0 Å². The van der Waals surface area contributed by atoms with Crippen LogP contribution in [0, 0.1) is 11.8 Å². The van der Waals surface area contributed by atoms with E-state index in [1.165, 1.54) is 12.0 Å². The number of rotatable bonds is 4. The van der Waals surface area contributed by atoms with Crippen LogP contribution in [0.25, 0.3) is 0 Å². The highest BCUT2D eigenvalue weighted by atomic mass is 16.5. The molecule has 1 saturated carbocycles. The zero-order valence-electron chi connectivity index (χ0n) is 12.1. The summed E-state index contributed by atoms with van der Waals surface area (Å²) in [6.07, 6.45) is 5.19. The van der Waals surface area contributed by atoms with Gasteiger partial charge in [-0.05, 0) is 43.4 Å². The molecule has 0 bridgehead atoms. The second-order valence-corrected chi connectivity index (χ2v) is 5.16. The van der Waals surface area contributed by atoms with Gasteiger partial charge in [0.15, 0.2) is 0 Å². The molecule has 0 aromatic heterocycles. The minimum absolute atomic E-state index is 0.324. The fourth-order valence-electron chi connectivity index (χ4n) is 2.52. The van der Waals surface area contributed by atoms with Crippen LogP contribution in [0.1, 0.15) is 36.8 Å². The summed E-state index contributed by atoms with van der Waals surface area (Å²) in [5.41, 5.74) is 7.54. The van der Waals surface area contributed by atoms with E-state index in [4.69, 9.17) is 15.2 Å². The molecule has 3 nitrogen and oxygen atoms in total. The second-order valence-electron chi connectivity index (χ2n) is 5.16. The van der Waals surface area contributed by atoms with E-state index in [-0.39, 0.29) is 0 Å². The van der Waals surface area contributed by atoms with Crippen molar-refractivity contribution in [2.24, 2.45) is 5.73 Å². The molecule has 0 heterocycles. The Kier molecular flexibility index (Phi) is 6.07.